The lowest BCUT2D eigenvalue weighted by Gasteiger charge is -2.29. The lowest BCUT2D eigenvalue weighted by Crippen LogP contribution is -2.16. The highest BCUT2D eigenvalue weighted by molar-refractivity contribution is 6.13. The van der Waals surface area contributed by atoms with Crippen molar-refractivity contribution in [1.82, 2.24) is 15.0 Å². The van der Waals surface area contributed by atoms with Crippen LogP contribution in [0.15, 0.2) is 223 Å². The molecule has 0 unspecified atom stereocenters. The number of furan rings is 1. The summed E-state index contributed by atoms with van der Waals surface area (Å²) in [5, 5.41) is 1.96. The molecule has 0 amide bonds. The van der Waals surface area contributed by atoms with Crippen LogP contribution in [-0.2, 0) is 5.41 Å². The second-order valence-corrected chi connectivity index (χ2v) is 17.2. The molecular formula is C60H42N4O. The van der Waals surface area contributed by atoms with Gasteiger partial charge in [-0.15, -0.1) is 0 Å². The van der Waals surface area contributed by atoms with Gasteiger partial charge in [-0.2, -0.15) is 0 Å². The first kappa shape index (κ1) is 38.3. The summed E-state index contributed by atoms with van der Waals surface area (Å²) in [6, 6.07) is 76.9. The number of fused-ring (bicyclic) bond motifs is 6. The number of hydrogen-bond acceptors (Lipinski definition) is 5. The minimum Gasteiger partial charge on any atom is -0.456 e. The van der Waals surface area contributed by atoms with Crippen LogP contribution >= 0.6 is 0 Å². The Labute approximate surface area is 378 Å². The van der Waals surface area contributed by atoms with Gasteiger partial charge in [0.15, 0.2) is 17.5 Å². The molecule has 5 heteroatoms. The van der Waals surface area contributed by atoms with E-state index in [1.807, 2.05) is 72.8 Å². The maximum absolute atomic E-state index is 6.56. The molecule has 1 aliphatic rings. The van der Waals surface area contributed by atoms with E-state index in [4.69, 9.17) is 19.4 Å². The minimum atomic E-state index is -0.137. The molecule has 0 N–H and O–H groups in total. The number of aromatic nitrogens is 3. The van der Waals surface area contributed by atoms with Gasteiger partial charge in [-0.1, -0.05) is 184 Å². The predicted octanol–water partition coefficient (Wildman–Crippen LogP) is 15.9. The Bertz CT molecular complexity index is 3500. The largest absolute Gasteiger partial charge is 0.456 e. The molecule has 11 aromatic rings. The molecule has 0 aliphatic heterocycles. The van der Waals surface area contributed by atoms with E-state index in [9.17, 15) is 0 Å². The van der Waals surface area contributed by atoms with Crippen molar-refractivity contribution in [3.8, 4) is 67.5 Å². The first-order valence-electron chi connectivity index (χ1n) is 22.1. The Morgan fingerprint density at radius 3 is 1.65 bits per heavy atom. The van der Waals surface area contributed by atoms with Gasteiger partial charge in [-0.3, -0.25) is 0 Å². The molecule has 0 saturated heterocycles. The zero-order valence-corrected chi connectivity index (χ0v) is 36.0. The molecule has 0 radical (unpaired) electrons. The highest BCUT2D eigenvalue weighted by Gasteiger charge is 2.37. The zero-order valence-electron chi connectivity index (χ0n) is 36.0. The van der Waals surface area contributed by atoms with Crippen molar-refractivity contribution in [2.24, 2.45) is 0 Å². The monoisotopic (exact) mass is 834 g/mol. The van der Waals surface area contributed by atoms with Crippen LogP contribution in [0, 0.1) is 0 Å². The quantitative estimate of drug-likeness (QED) is 0.153. The molecule has 0 bridgehead atoms. The topological polar surface area (TPSA) is 55.1 Å². The normalized spacial score (nSPS) is 12.6. The van der Waals surface area contributed by atoms with Crippen molar-refractivity contribution >= 4 is 39.0 Å². The third-order valence-corrected chi connectivity index (χ3v) is 12.9. The maximum atomic E-state index is 6.56. The van der Waals surface area contributed by atoms with Crippen LogP contribution in [0.5, 0.6) is 0 Å². The summed E-state index contributed by atoms with van der Waals surface area (Å²) in [5.74, 6) is 1.83. The van der Waals surface area contributed by atoms with Crippen molar-refractivity contribution in [3.05, 3.63) is 230 Å². The van der Waals surface area contributed by atoms with E-state index in [1.165, 1.54) is 33.4 Å². The zero-order chi connectivity index (χ0) is 43.5. The summed E-state index contributed by atoms with van der Waals surface area (Å²) in [5.41, 5.74) is 17.2. The summed E-state index contributed by atoms with van der Waals surface area (Å²) < 4.78 is 6.56. The van der Waals surface area contributed by atoms with E-state index in [0.717, 1.165) is 66.8 Å². The van der Waals surface area contributed by atoms with Crippen LogP contribution in [0.2, 0.25) is 0 Å². The van der Waals surface area contributed by atoms with Crippen LogP contribution in [0.25, 0.3) is 89.5 Å². The number of anilines is 3. The third-order valence-electron chi connectivity index (χ3n) is 12.9. The van der Waals surface area contributed by atoms with E-state index in [-0.39, 0.29) is 5.41 Å². The molecule has 0 atom stereocenters. The fraction of sp³-hybridized carbons (Fsp3) is 0.0500. The van der Waals surface area contributed by atoms with Crippen LogP contribution in [0.3, 0.4) is 0 Å². The number of nitrogens with zero attached hydrogens (tertiary/aromatic N) is 4. The highest BCUT2D eigenvalue weighted by Crippen LogP contribution is 2.54. The summed E-state index contributed by atoms with van der Waals surface area (Å²) in [4.78, 5) is 17.6. The molecule has 12 rings (SSSR count). The molecule has 1 aliphatic carbocycles. The Kier molecular flexibility index (Phi) is 9.09. The van der Waals surface area contributed by atoms with Crippen molar-refractivity contribution in [3.63, 3.8) is 0 Å². The maximum Gasteiger partial charge on any atom is 0.164 e. The molecule has 2 heterocycles. The van der Waals surface area contributed by atoms with Gasteiger partial charge in [-0.25, -0.2) is 15.0 Å². The number of rotatable bonds is 8. The highest BCUT2D eigenvalue weighted by atomic mass is 16.3. The summed E-state index contributed by atoms with van der Waals surface area (Å²) in [6.07, 6.45) is 0. The van der Waals surface area contributed by atoms with Crippen molar-refractivity contribution in [2.45, 2.75) is 19.3 Å². The number of hydrogen-bond donors (Lipinski definition) is 0. The molecule has 9 aromatic carbocycles. The molecule has 0 saturated carbocycles. The smallest absolute Gasteiger partial charge is 0.164 e. The van der Waals surface area contributed by atoms with E-state index in [0.29, 0.717) is 17.5 Å². The average molecular weight is 835 g/mol. The van der Waals surface area contributed by atoms with Crippen LogP contribution in [0.1, 0.15) is 25.0 Å². The van der Waals surface area contributed by atoms with Gasteiger partial charge in [-0.05, 0) is 87.5 Å². The van der Waals surface area contributed by atoms with Gasteiger partial charge < -0.3 is 9.32 Å². The van der Waals surface area contributed by atoms with Crippen LogP contribution in [-0.4, -0.2) is 15.0 Å². The fourth-order valence-corrected chi connectivity index (χ4v) is 9.73. The first-order chi connectivity index (χ1) is 32.0. The van der Waals surface area contributed by atoms with Gasteiger partial charge in [0.1, 0.15) is 11.2 Å². The van der Waals surface area contributed by atoms with E-state index < -0.39 is 0 Å². The predicted molar refractivity (Wildman–Crippen MR) is 267 cm³/mol. The summed E-state index contributed by atoms with van der Waals surface area (Å²) in [6.45, 7) is 4.68. The Morgan fingerprint density at radius 1 is 0.385 bits per heavy atom. The first-order valence-corrected chi connectivity index (χ1v) is 22.1. The van der Waals surface area contributed by atoms with Crippen LogP contribution < -0.4 is 4.90 Å². The van der Waals surface area contributed by atoms with Gasteiger partial charge in [0.25, 0.3) is 0 Å². The van der Waals surface area contributed by atoms with Gasteiger partial charge >= 0.3 is 0 Å². The van der Waals surface area contributed by atoms with Gasteiger partial charge in [0.2, 0.25) is 0 Å². The SMILES string of the molecule is CC1(C)c2ccccc2-c2c(N(c3ccc(-c4ccccc4)cc3)c3cccc(-c4ccc5oc6cccc(-c7nc(-c8ccccc8)nc(-c8ccccc8)n7)c6c5c4)c3)cccc21. The van der Waals surface area contributed by atoms with E-state index in [2.05, 4.69) is 164 Å². The standard InChI is InChI=1S/C60H42N4O/c1-60(2)50-27-13-12-25-47(50)56-51(60)28-16-29-52(56)64(45-34-31-40(32-35-45)39-17-6-3-7-18-39)46-24-14-23-43(37-46)44-33-36-53-49(38-44)55-48(26-15-30-54(55)65-53)59-62-57(41-19-8-4-9-20-41)61-58(63-59)42-21-10-5-11-22-42/h3-38H,1-2H3. The van der Waals surface area contributed by atoms with Crippen molar-refractivity contribution in [2.75, 3.05) is 4.90 Å². The van der Waals surface area contributed by atoms with E-state index >= 15 is 0 Å². The minimum absolute atomic E-state index is 0.137. The summed E-state index contributed by atoms with van der Waals surface area (Å²) >= 11 is 0. The Hall–Kier alpha value is -8.41. The Morgan fingerprint density at radius 2 is 0.923 bits per heavy atom. The van der Waals surface area contributed by atoms with Crippen molar-refractivity contribution < 1.29 is 4.42 Å². The molecule has 65 heavy (non-hydrogen) atoms. The second kappa shape index (κ2) is 15.4. The molecule has 2 aromatic heterocycles. The van der Waals surface area contributed by atoms with E-state index in [1.54, 1.807) is 0 Å². The molecule has 5 nitrogen and oxygen atoms in total. The van der Waals surface area contributed by atoms with Gasteiger partial charge in [0.05, 0.1) is 5.69 Å². The Balaban J connectivity index is 1.01. The lowest BCUT2D eigenvalue weighted by molar-refractivity contribution is 0.660. The molecular weight excluding hydrogens is 793 g/mol. The fourth-order valence-electron chi connectivity index (χ4n) is 9.73. The number of benzene rings is 9. The molecule has 0 spiro atoms. The van der Waals surface area contributed by atoms with Crippen molar-refractivity contribution in [1.29, 1.82) is 0 Å². The average Bonchev–Trinajstić information content (AvgIpc) is 3.86. The molecule has 0 fully saturated rings. The third kappa shape index (κ3) is 6.59. The molecule has 308 valence electrons. The van der Waals surface area contributed by atoms with Crippen LogP contribution in [0.4, 0.5) is 17.1 Å². The second-order valence-electron chi connectivity index (χ2n) is 17.2. The summed E-state index contributed by atoms with van der Waals surface area (Å²) in [7, 11) is 0. The van der Waals surface area contributed by atoms with Gasteiger partial charge in [0, 0.05) is 49.8 Å². The lowest BCUT2D eigenvalue weighted by atomic mass is 9.82.